The third-order valence-electron chi connectivity index (χ3n) is 3.96. The fourth-order valence-electron chi connectivity index (χ4n) is 2.68. The molecule has 0 aliphatic carbocycles. The molecule has 1 unspecified atom stereocenters. The average Bonchev–Trinajstić information content (AvgIpc) is 3.11. The summed E-state index contributed by atoms with van der Waals surface area (Å²) in [4.78, 5) is 20.9. The van der Waals surface area contributed by atoms with E-state index in [0.717, 1.165) is 17.0 Å². The predicted molar refractivity (Wildman–Crippen MR) is 99.5 cm³/mol. The Bertz CT molecular complexity index is 903. The highest BCUT2D eigenvalue weighted by molar-refractivity contribution is 5.92. The first-order chi connectivity index (χ1) is 12.7. The molecule has 0 aliphatic rings. The van der Waals surface area contributed by atoms with Gasteiger partial charge in [0.1, 0.15) is 17.6 Å². The number of para-hydroxylation sites is 1. The van der Waals surface area contributed by atoms with Crippen molar-refractivity contribution in [2.75, 3.05) is 7.11 Å². The summed E-state index contributed by atoms with van der Waals surface area (Å²) in [6, 6.07) is 10.9. The zero-order chi connectivity index (χ0) is 18.4. The fraction of sp³-hybridized carbons (Fsp3) is 0.150. The second-order valence-electron chi connectivity index (χ2n) is 5.70. The lowest BCUT2D eigenvalue weighted by atomic mass is 10.0. The number of methoxy groups -OCH3 is 1. The summed E-state index contributed by atoms with van der Waals surface area (Å²) in [7, 11) is 3.50. The Hall–Kier alpha value is -3.41. The van der Waals surface area contributed by atoms with Crippen molar-refractivity contribution in [3.63, 3.8) is 0 Å². The van der Waals surface area contributed by atoms with Crippen molar-refractivity contribution in [3.05, 3.63) is 84.2 Å². The first-order valence-electron chi connectivity index (χ1n) is 8.18. The molecule has 0 radical (unpaired) electrons. The molecule has 1 amide bonds. The molecule has 132 valence electrons. The molecule has 1 atom stereocenters. The molecule has 26 heavy (non-hydrogen) atoms. The highest BCUT2D eigenvalue weighted by Crippen LogP contribution is 2.28. The number of nitrogens with one attached hydrogen (secondary N) is 1. The van der Waals surface area contributed by atoms with E-state index >= 15 is 0 Å². The minimum atomic E-state index is -0.433. The van der Waals surface area contributed by atoms with E-state index in [1.165, 1.54) is 6.08 Å². The van der Waals surface area contributed by atoms with E-state index in [2.05, 4.69) is 15.3 Å². The molecule has 1 aromatic carbocycles. The summed E-state index contributed by atoms with van der Waals surface area (Å²) >= 11 is 0. The van der Waals surface area contributed by atoms with Crippen LogP contribution in [0.1, 0.15) is 23.0 Å². The number of pyridine rings is 1. The van der Waals surface area contributed by atoms with Crippen molar-refractivity contribution >= 4 is 12.0 Å². The number of hydrogen-bond donors (Lipinski definition) is 1. The Morgan fingerprint density at radius 3 is 2.77 bits per heavy atom. The van der Waals surface area contributed by atoms with E-state index in [9.17, 15) is 4.79 Å². The standard InChI is InChI=1S/C20H20N4O2/c1-24-13-12-22-20(24)19(16-7-3-4-8-17(16)26-2)23-18(25)10-9-15-6-5-11-21-14-15/h3-14,19H,1-2H3,(H,23,25)/b10-9+. The Kier molecular flexibility index (Phi) is 5.43. The van der Waals surface area contributed by atoms with E-state index in [1.54, 1.807) is 31.8 Å². The molecule has 3 rings (SSSR count). The number of amides is 1. The monoisotopic (exact) mass is 348 g/mol. The van der Waals surface area contributed by atoms with Gasteiger partial charge in [0.05, 0.1) is 7.11 Å². The third kappa shape index (κ3) is 3.97. The second kappa shape index (κ2) is 8.11. The maximum atomic E-state index is 12.5. The van der Waals surface area contributed by atoms with Gasteiger partial charge in [0.2, 0.25) is 5.91 Å². The molecule has 1 N–H and O–H groups in total. The SMILES string of the molecule is COc1ccccc1C(NC(=O)/C=C/c1cccnc1)c1nccn1C. The number of ether oxygens (including phenoxy) is 1. The largest absolute Gasteiger partial charge is 0.496 e. The summed E-state index contributed by atoms with van der Waals surface area (Å²) in [5.74, 6) is 1.18. The highest BCUT2D eigenvalue weighted by Gasteiger charge is 2.22. The second-order valence-corrected chi connectivity index (χ2v) is 5.70. The quantitative estimate of drug-likeness (QED) is 0.696. The summed E-state index contributed by atoms with van der Waals surface area (Å²) in [6.45, 7) is 0. The van der Waals surface area contributed by atoms with Crippen molar-refractivity contribution in [1.82, 2.24) is 19.9 Å². The van der Waals surface area contributed by atoms with Crippen molar-refractivity contribution in [3.8, 4) is 5.75 Å². The summed E-state index contributed by atoms with van der Waals surface area (Å²) in [5.41, 5.74) is 1.70. The van der Waals surface area contributed by atoms with Crippen LogP contribution < -0.4 is 10.1 Å². The van der Waals surface area contributed by atoms with Crippen LogP contribution in [0.15, 0.2) is 67.3 Å². The Morgan fingerprint density at radius 2 is 2.08 bits per heavy atom. The van der Waals surface area contributed by atoms with Gasteiger partial charge in [0.15, 0.2) is 0 Å². The minimum Gasteiger partial charge on any atom is -0.496 e. The summed E-state index contributed by atoms with van der Waals surface area (Å²) in [6.07, 6.45) is 10.1. The maximum Gasteiger partial charge on any atom is 0.244 e. The summed E-state index contributed by atoms with van der Waals surface area (Å²) in [5, 5.41) is 3.01. The molecule has 3 aromatic rings. The topological polar surface area (TPSA) is 69.0 Å². The number of carbonyl (C=O) groups is 1. The van der Waals surface area contributed by atoms with Gasteiger partial charge in [-0.1, -0.05) is 24.3 Å². The smallest absolute Gasteiger partial charge is 0.244 e. The summed E-state index contributed by atoms with van der Waals surface area (Å²) < 4.78 is 7.34. The molecule has 6 heteroatoms. The van der Waals surface area contributed by atoms with Gasteiger partial charge in [0, 0.05) is 43.5 Å². The van der Waals surface area contributed by atoms with E-state index in [0.29, 0.717) is 5.75 Å². The zero-order valence-corrected chi connectivity index (χ0v) is 14.7. The number of rotatable bonds is 6. The number of aryl methyl sites for hydroxylation is 1. The Morgan fingerprint density at radius 1 is 1.23 bits per heavy atom. The van der Waals surface area contributed by atoms with Crippen molar-refractivity contribution in [1.29, 1.82) is 0 Å². The Balaban J connectivity index is 1.88. The molecule has 6 nitrogen and oxygen atoms in total. The minimum absolute atomic E-state index is 0.229. The molecule has 0 saturated carbocycles. The van der Waals surface area contributed by atoms with Gasteiger partial charge in [-0.15, -0.1) is 0 Å². The van der Waals surface area contributed by atoms with E-state index in [4.69, 9.17) is 4.74 Å². The molecule has 0 spiro atoms. The van der Waals surface area contributed by atoms with Gasteiger partial charge in [-0.05, 0) is 23.8 Å². The van der Waals surface area contributed by atoms with Crippen molar-refractivity contribution < 1.29 is 9.53 Å². The lowest BCUT2D eigenvalue weighted by molar-refractivity contribution is -0.117. The maximum absolute atomic E-state index is 12.5. The third-order valence-corrected chi connectivity index (χ3v) is 3.96. The molecular weight excluding hydrogens is 328 g/mol. The number of imidazole rings is 1. The lowest BCUT2D eigenvalue weighted by Gasteiger charge is -2.20. The van der Waals surface area contributed by atoms with Crippen molar-refractivity contribution in [2.45, 2.75) is 6.04 Å². The van der Waals surface area contributed by atoms with Crippen LogP contribution in [0.4, 0.5) is 0 Å². The van der Waals surface area contributed by atoms with Crippen LogP contribution in [0.3, 0.4) is 0 Å². The van der Waals surface area contributed by atoms with Gasteiger partial charge < -0.3 is 14.6 Å². The van der Waals surface area contributed by atoms with E-state index in [-0.39, 0.29) is 5.91 Å². The number of nitrogens with zero attached hydrogens (tertiary/aromatic N) is 3. The molecule has 0 bridgehead atoms. The number of carbonyl (C=O) groups excluding carboxylic acids is 1. The van der Waals surface area contributed by atoms with E-state index < -0.39 is 6.04 Å². The first-order valence-corrected chi connectivity index (χ1v) is 8.18. The lowest BCUT2D eigenvalue weighted by Crippen LogP contribution is -2.30. The van der Waals surface area contributed by atoms with Gasteiger partial charge in [0.25, 0.3) is 0 Å². The number of hydrogen-bond acceptors (Lipinski definition) is 4. The predicted octanol–water partition coefficient (Wildman–Crippen LogP) is 2.74. The molecule has 0 saturated heterocycles. The van der Waals surface area contributed by atoms with Crippen LogP contribution in [-0.4, -0.2) is 27.6 Å². The normalized spacial score (nSPS) is 12.1. The first kappa shape index (κ1) is 17.4. The average molecular weight is 348 g/mol. The molecule has 2 heterocycles. The van der Waals surface area contributed by atoms with Gasteiger partial charge in [-0.2, -0.15) is 0 Å². The zero-order valence-electron chi connectivity index (χ0n) is 14.7. The van der Waals surface area contributed by atoms with Crippen LogP contribution in [0, 0.1) is 0 Å². The van der Waals surface area contributed by atoms with Gasteiger partial charge in [-0.25, -0.2) is 4.98 Å². The molecule has 0 aliphatic heterocycles. The molecule has 2 aromatic heterocycles. The Labute approximate surface area is 152 Å². The fourth-order valence-corrected chi connectivity index (χ4v) is 2.68. The van der Waals surface area contributed by atoms with Crippen LogP contribution in [0.2, 0.25) is 0 Å². The number of benzene rings is 1. The van der Waals surface area contributed by atoms with Gasteiger partial charge in [-0.3, -0.25) is 9.78 Å². The number of aromatic nitrogens is 3. The highest BCUT2D eigenvalue weighted by atomic mass is 16.5. The van der Waals surface area contributed by atoms with Crippen LogP contribution >= 0.6 is 0 Å². The van der Waals surface area contributed by atoms with Crippen molar-refractivity contribution in [2.24, 2.45) is 7.05 Å². The van der Waals surface area contributed by atoms with Crippen LogP contribution in [0.25, 0.3) is 6.08 Å². The van der Waals surface area contributed by atoms with Crippen LogP contribution in [0.5, 0.6) is 5.75 Å². The van der Waals surface area contributed by atoms with Crippen LogP contribution in [-0.2, 0) is 11.8 Å². The van der Waals surface area contributed by atoms with E-state index in [1.807, 2.05) is 54.2 Å². The molecule has 0 fully saturated rings. The van der Waals surface area contributed by atoms with Gasteiger partial charge >= 0.3 is 0 Å². The molecular formula is C20H20N4O2.